The number of urea groups is 1. The molecule has 9 nitrogen and oxygen atoms in total. The molecule has 1 heterocycles. The Morgan fingerprint density at radius 3 is 2.23 bits per heavy atom. The third-order valence-electron chi connectivity index (χ3n) is 6.11. The average Bonchev–Trinajstić information content (AvgIpc) is 2.90. The Morgan fingerprint density at radius 1 is 1.00 bits per heavy atom. The number of anilines is 3. The third-order valence-corrected chi connectivity index (χ3v) is 6.11. The molecular weight excluding hydrogens is 525 g/mol. The Bertz CT molecular complexity index is 1490. The molecule has 1 fully saturated rings. The molecule has 0 aromatic heterocycles. The molecule has 3 amide bonds. The van der Waals surface area contributed by atoms with Crippen LogP contribution in [-0.2, 0) is 11.3 Å². The highest BCUT2D eigenvalue weighted by Gasteiger charge is 2.44. The third kappa shape index (κ3) is 5.47. The highest BCUT2D eigenvalue weighted by molar-refractivity contribution is 6.38. The maximum Gasteiger partial charge on any atom is 0.337 e. The summed E-state index contributed by atoms with van der Waals surface area (Å²) in [5.41, 5.74) is 5.73. The number of amidine groups is 1. The van der Waals surface area contributed by atoms with Crippen molar-refractivity contribution in [3.05, 3.63) is 94.9 Å². The molecule has 0 radical (unpaired) electrons. The quantitative estimate of drug-likeness (QED) is 0.279. The molecule has 0 spiro atoms. The number of nitrogens with one attached hydrogen (secondary N) is 2. The molecule has 1 aliphatic heterocycles. The lowest BCUT2D eigenvalue weighted by Gasteiger charge is -2.37. The summed E-state index contributed by atoms with van der Waals surface area (Å²) in [6.45, 7) is -0.648. The number of rotatable bonds is 8. The number of nitrogens with two attached hydrogens (primary N) is 1. The van der Waals surface area contributed by atoms with E-state index in [4.69, 9.17) is 15.9 Å². The van der Waals surface area contributed by atoms with Crippen molar-refractivity contribution >= 4 is 34.8 Å². The maximum absolute atomic E-state index is 15.4. The number of nitrogen functional groups attached to an aromatic ring is 1. The first-order valence-corrected chi connectivity index (χ1v) is 12.0. The summed E-state index contributed by atoms with van der Waals surface area (Å²) in [7, 11) is 4.67. The number of amides is 3. The fourth-order valence-electron chi connectivity index (χ4n) is 4.19. The van der Waals surface area contributed by atoms with Crippen LogP contribution in [0, 0.1) is 22.9 Å². The van der Waals surface area contributed by atoms with Gasteiger partial charge in [-0.15, -0.1) is 0 Å². The van der Waals surface area contributed by atoms with E-state index >= 15 is 4.39 Å². The van der Waals surface area contributed by atoms with Gasteiger partial charge in [0, 0.05) is 29.2 Å². The van der Waals surface area contributed by atoms with E-state index in [1.54, 1.807) is 43.3 Å². The van der Waals surface area contributed by atoms with E-state index in [9.17, 15) is 18.4 Å². The van der Waals surface area contributed by atoms with E-state index < -0.39 is 53.0 Å². The van der Waals surface area contributed by atoms with E-state index in [-0.39, 0.29) is 23.6 Å². The largest absolute Gasteiger partial charge is 0.494 e. The van der Waals surface area contributed by atoms with E-state index in [1.165, 1.54) is 25.3 Å². The van der Waals surface area contributed by atoms with Gasteiger partial charge in [0.25, 0.3) is 5.91 Å². The summed E-state index contributed by atoms with van der Waals surface area (Å²) in [6.07, 6.45) is 0. The second-order valence-electron chi connectivity index (χ2n) is 9.19. The number of carbonyl (C=O) groups is 2. The van der Waals surface area contributed by atoms with Crippen LogP contribution in [0.3, 0.4) is 0 Å². The predicted octanol–water partition coefficient (Wildman–Crippen LogP) is 4.57. The average molecular weight is 553 g/mol. The Labute approximate surface area is 228 Å². The van der Waals surface area contributed by atoms with E-state index in [1.807, 2.05) is 0 Å². The van der Waals surface area contributed by atoms with Gasteiger partial charge in [-0.25, -0.2) is 22.9 Å². The zero-order valence-electron chi connectivity index (χ0n) is 22.0. The van der Waals surface area contributed by atoms with Crippen LogP contribution in [0.15, 0.2) is 71.9 Å². The number of likely N-dealkylation sites (N-methyl/N-ethyl adjacent to an activating group) is 1. The van der Waals surface area contributed by atoms with E-state index in [2.05, 4.69) is 5.32 Å². The fourth-order valence-corrected chi connectivity index (χ4v) is 4.19. The zero-order valence-corrected chi connectivity index (χ0v) is 22.0. The fraction of sp³-hybridized carbons (Fsp3) is 0.179. The lowest BCUT2D eigenvalue weighted by molar-refractivity contribution is -0.114. The molecule has 0 saturated carbocycles. The van der Waals surface area contributed by atoms with Crippen LogP contribution in [0.2, 0.25) is 0 Å². The number of ether oxygens (including phenoxy) is 1. The molecule has 1 aliphatic rings. The van der Waals surface area contributed by atoms with Gasteiger partial charge in [-0.2, -0.15) is 0 Å². The second kappa shape index (κ2) is 11.5. The SMILES string of the molecule is COc1cccc(N2C(=O)/C(=C(\CN(C)C)Nc3ccc(N)cc3)C(=N)N(Cc3c(F)cccc3F)C2=O)c1F. The van der Waals surface area contributed by atoms with Crippen molar-refractivity contribution in [1.82, 2.24) is 9.80 Å². The molecule has 4 N–H and O–H groups in total. The minimum atomic E-state index is -1.16. The van der Waals surface area contributed by atoms with Crippen LogP contribution >= 0.6 is 0 Å². The molecule has 0 atom stereocenters. The number of methoxy groups -OCH3 is 1. The number of hydrogen-bond acceptors (Lipinski definition) is 7. The van der Waals surface area contributed by atoms with Gasteiger partial charge < -0.3 is 20.7 Å². The minimum absolute atomic E-state index is 0.0817. The van der Waals surface area contributed by atoms with E-state index in [0.717, 1.165) is 23.1 Å². The van der Waals surface area contributed by atoms with Crippen molar-refractivity contribution in [1.29, 1.82) is 5.41 Å². The van der Waals surface area contributed by atoms with Gasteiger partial charge in [-0.3, -0.25) is 15.1 Å². The van der Waals surface area contributed by atoms with Gasteiger partial charge in [-0.05, 0) is 62.6 Å². The second-order valence-corrected chi connectivity index (χ2v) is 9.19. The van der Waals surface area contributed by atoms with Crippen LogP contribution in [0.5, 0.6) is 5.75 Å². The standard InChI is InChI=1S/C28H27F3N6O3/c1-35(2)15-21(34-17-12-10-16(32)11-13-17)24-26(33)36(14-18-19(29)6-4-7-20(18)30)28(39)37(27(24)38)22-8-5-9-23(40-3)25(22)31/h4-13,33-34H,14-15,32H2,1-3H3/b24-21+,33-26?. The molecule has 0 unspecified atom stereocenters. The van der Waals surface area contributed by atoms with Crippen molar-refractivity contribution in [2.45, 2.75) is 6.54 Å². The Balaban J connectivity index is 1.93. The van der Waals surface area contributed by atoms with Crippen molar-refractivity contribution < 1.29 is 27.5 Å². The molecule has 0 aliphatic carbocycles. The summed E-state index contributed by atoms with van der Waals surface area (Å²) in [4.78, 5) is 30.6. The first kappa shape index (κ1) is 28.2. The first-order valence-electron chi connectivity index (χ1n) is 12.0. The van der Waals surface area contributed by atoms with Crippen molar-refractivity contribution in [3.63, 3.8) is 0 Å². The van der Waals surface area contributed by atoms with Crippen molar-refractivity contribution in [2.75, 3.05) is 43.7 Å². The highest BCUT2D eigenvalue weighted by atomic mass is 19.1. The number of imide groups is 1. The van der Waals surface area contributed by atoms with Crippen LogP contribution in [-0.4, -0.2) is 55.3 Å². The van der Waals surface area contributed by atoms with Gasteiger partial charge in [0.05, 0.1) is 19.3 Å². The molecule has 12 heteroatoms. The van der Waals surface area contributed by atoms with E-state index in [0.29, 0.717) is 16.3 Å². The van der Waals surface area contributed by atoms with Crippen LogP contribution in [0.25, 0.3) is 0 Å². The highest BCUT2D eigenvalue weighted by Crippen LogP contribution is 2.33. The van der Waals surface area contributed by atoms with Gasteiger partial charge in [-0.1, -0.05) is 12.1 Å². The van der Waals surface area contributed by atoms with Crippen LogP contribution < -0.4 is 20.7 Å². The first-order chi connectivity index (χ1) is 19.0. The molecule has 4 rings (SSSR count). The smallest absolute Gasteiger partial charge is 0.337 e. The predicted molar refractivity (Wildman–Crippen MR) is 146 cm³/mol. The molecule has 0 bridgehead atoms. The summed E-state index contributed by atoms with van der Waals surface area (Å²) in [5.74, 6) is -4.75. The van der Waals surface area contributed by atoms with Crippen LogP contribution in [0.1, 0.15) is 5.56 Å². The van der Waals surface area contributed by atoms with Gasteiger partial charge in [0.15, 0.2) is 11.6 Å². The lowest BCUT2D eigenvalue weighted by atomic mass is 10.0. The maximum atomic E-state index is 15.4. The summed E-state index contributed by atoms with van der Waals surface area (Å²) in [5, 5.41) is 12.0. The molecular formula is C28H27F3N6O3. The van der Waals surface area contributed by atoms with Crippen molar-refractivity contribution in [2.24, 2.45) is 0 Å². The Kier molecular flexibility index (Phi) is 8.10. The van der Waals surface area contributed by atoms with Gasteiger partial charge >= 0.3 is 6.03 Å². The van der Waals surface area contributed by atoms with Gasteiger partial charge in [0.2, 0.25) is 0 Å². The normalized spacial score (nSPS) is 15.1. The van der Waals surface area contributed by atoms with Crippen LogP contribution in [0.4, 0.5) is 35.0 Å². The molecule has 40 heavy (non-hydrogen) atoms. The molecule has 3 aromatic rings. The summed E-state index contributed by atoms with van der Waals surface area (Å²) in [6, 6.07) is 12.5. The Morgan fingerprint density at radius 2 is 1.62 bits per heavy atom. The number of nitrogens with zero attached hydrogens (tertiary/aromatic N) is 3. The topological polar surface area (TPSA) is 115 Å². The molecule has 208 valence electrons. The van der Waals surface area contributed by atoms with Gasteiger partial charge in [0.1, 0.15) is 23.0 Å². The Hall–Kier alpha value is -4.84. The number of carbonyl (C=O) groups excluding carboxylic acids is 2. The number of benzene rings is 3. The summed E-state index contributed by atoms with van der Waals surface area (Å²) < 4.78 is 49.6. The zero-order chi connectivity index (χ0) is 29.1. The molecule has 1 saturated heterocycles. The minimum Gasteiger partial charge on any atom is -0.494 e. The summed E-state index contributed by atoms with van der Waals surface area (Å²) >= 11 is 0. The number of halogens is 3. The molecule has 3 aromatic carbocycles. The number of hydrogen-bond donors (Lipinski definition) is 3. The monoisotopic (exact) mass is 552 g/mol. The van der Waals surface area contributed by atoms with Crippen molar-refractivity contribution in [3.8, 4) is 5.75 Å². The lowest BCUT2D eigenvalue weighted by Crippen LogP contribution is -2.57.